The van der Waals surface area contributed by atoms with E-state index in [4.69, 9.17) is 0 Å². The quantitative estimate of drug-likeness (QED) is 0.436. The third kappa shape index (κ3) is 5.22. The molecule has 1 unspecified atom stereocenters. The average Bonchev–Trinajstić information content (AvgIpc) is 1.82. The van der Waals surface area contributed by atoms with E-state index < -0.39 is 0 Å². The van der Waals surface area contributed by atoms with Gasteiger partial charge in [-0.3, -0.25) is 4.79 Å². The second-order valence-corrected chi connectivity index (χ2v) is 2.40. The molecule has 2 nitrogen and oxygen atoms in total. The van der Waals surface area contributed by atoms with E-state index in [1.54, 1.807) is 13.0 Å². The molecule has 0 aromatic rings. The SMILES string of the molecule is CC(=O)CC(C)C=CC=O. The van der Waals surface area contributed by atoms with Crippen molar-refractivity contribution in [2.45, 2.75) is 20.3 Å². The maximum Gasteiger partial charge on any atom is 0.142 e. The summed E-state index contributed by atoms with van der Waals surface area (Å²) in [7, 11) is 0. The third-order valence-electron chi connectivity index (χ3n) is 1.13. The smallest absolute Gasteiger partial charge is 0.142 e. The van der Waals surface area contributed by atoms with E-state index in [1.165, 1.54) is 6.08 Å². The van der Waals surface area contributed by atoms with Gasteiger partial charge in [-0.2, -0.15) is 0 Å². The summed E-state index contributed by atoms with van der Waals surface area (Å²) in [5.41, 5.74) is 0. The van der Waals surface area contributed by atoms with E-state index >= 15 is 0 Å². The fourth-order valence-corrected chi connectivity index (χ4v) is 0.757. The minimum absolute atomic E-state index is 0.156. The van der Waals surface area contributed by atoms with Crippen LogP contribution in [0.25, 0.3) is 0 Å². The van der Waals surface area contributed by atoms with Crippen LogP contribution in [0.2, 0.25) is 0 Å². The molecule has 0 heterocycles. The van der Waals surface area contributed by atoms with Gasteiger partial charge < -0.3 is 4.79 Å². The van der Waals surface area contributed by atoms with E-state index in [-0.39, 0.29) is 11.7 Å². The molecule has 2 heteroatoms. The number of aldehydes is 1. The Balaban J connectivity index is 3.62. The molecule has 0 N–H and O–H groups in total. The van der Waals surface area contributed by atoms with Crippen molar-refractivity contribution >= 4 is 12.1 Å². The summed E-state index contributed by atoms with van der Waals surface area (Å²) in [6.07, 6.45) is 4.39. The van der Waals surface area contributed by atoms with Crippen molar-refractivity contribution < 1.29 is 9.59 Å². The van der Waals surface area contributed by atoms with E-state index in [1.807, 2.05) is 6.92 Å². The Hall–Kier alpha value is -0.920. The first-order valence-corrected chi connectivity index (χ1v) is 3.28. The van der Waals surface area contributed by atoms with E-state index in [0.29, 0.717) is 6.42 Å². The largest absolute Gasteiger partial charge is 0.300 e. The molecule has 10 heavy (non-hydrogen) atoms. The Morgan fingerprint density at radius 2 is 2.20 bits per heavy atom. The maximum absolute atomic E-state index is 10.5. The number of rotatable bonds is 4. The zero-order valence-electron chi connectivity index (χ0n) is 6.33. The van der Waals surface area contributed by atoms with Gasteiger partial charge in [-0.15, -0.1) is 0 Å². The normalized spacial score (nSPS) is 13.4. The van der Waals surface area contributed by atoms with Gasteiger partial charge in [0.15, 0.2) is 0 Å². The number of carbonyl (C=O) groups excluding carboxylic acids is 2. The van der Waals surface area contributed by atoms with Gasteiger partial charge >= 0.3 is 0 Å². The molecule has 0 aromatic carbocycles. The van der Waals surface area contributed by atoms with Gasteiger partial charge in [0.1, 0.15) is 12.1 Å². The Morgan fingerprint density at radius 3 is 2.60 bits per heavy atom. The van der Waals surface area contributed by atoms with E-state index in [2.05, 4.69) is 0 Å². The lowest BCUT2D eigenvalue weighted by atomic mass is 10.1. The van der Waals surface area contributed by atoms with Gasteiger partial charge in [0, 0.05) is 6.42 Å². The van der Waals surface area contributed by atoms with Crippen molar-refractivity contribution in [1.82, 2.24) is 0 Å². The summed E-state index contributed by atoms with van der Waals surface area (Å²) >= 11 is 0. The van der Waals surface area contributed by atoms with Crippen LogP contribution in [0, 0.1) is 5.92 Å². The summed E-state index contributed by atoms with van der Waals surface area (Å²) in [6.45, 7) is 3.45. The molecule has 0 fully saturated rings. The van der Waals surface area contributed by atoms with Crippen LogP contribution >= 0.6 is 0 Å². The monoisotopic (exact) mass is 140 g/mol. The number of hydrogen-bond acceptors (Lipinski definition) is 2. The maximum atomic E-state index is 10.5. The number of ketones is 1. The van der Waals surface area contributed by atoms with Crippen molar-refractivity contribution in [3.8, 4) is 0 Å². The molecule has 0 saturated carbocycles. The van der Waals surface area contributed by atoms with Crippen molar-refractivity contribution in [2.24, 2.45) is 5.92 Å². The highest BCUT2D eigenvalue weighted by Gasteiger charge is 1.99. The summed E-state index contributed by atoms with van der Waals surface area (Å²) < 4.78 is 0. The molecule has 0 aliphatic carbocycles. The first-order valence-electron chi connectivity index (χ1n) is 3.28. The van der Waals surface area contributed by atoms with E-state index in [0.717, 1.165) is 6.29 Å². The fraction of sp³-hybridized carbons (Fsp3) is 0.500. The first-order chi connectivity index (χ1) is 4.66. The van der Waals surface area contributed by atoms with Crippen LogP contribution in [0.5, 0.6) is 0 Å². The molecule has 0 aliphatic heterocycles. The van der Waals surface area contributed by atoms with Gasteiger partial charge in [0.05, 0.1) is 0 Å². The minimum Gasteiger partial charge on any atom is -0.300 e. The molecule has 0 bridgehead atoms. The van der Waals surface area contributed by atoms with Crippen LogP contribution in [-0.2, 0) is 9.59 Å². The lowest BCUT2D eigenvalue weighted by Crippen LogP contribution is -1.97. The average molecular weight is 140 g/mol. The predicted octanol–water partition coefficient (Wildman–Crippen LogP) is 1.36. The second-order valence-electron chi connectivity index (χ2n) is 2.40. The highest BCUT2D eigenvalue weighted by Crippen LogP contribution is 2.02. The fourth-order valence-electron chi connectivity index (χ4n) is 0.757. The van der Waals surface area contributed by atoms with Crippen molar-refractivity contribution in [1.29, 1.82) is 0 Å². The minimum atomic E-state index is 0.156. The predicted molar refractivity (Wildman–Crippen MR) is 39.7 cm³/mol. The van der Waals surface area contributed by atoms with Crippen LogP contribution in [0.15, 0.2) is 12.2 Å². The molecule has 0 spiro atoms. The van der Waals surface area contributed by atoms with Crippen LogP contribution in [0.3, 0.4) is 0 Å². The molecule has 56 valence electrons. The lowest BCUT2D eigenvalue weighted by Gasteiger charge is -1.99. The summed E-state index contributed by atoms with van der Waals surface area (Å²) in [4.78, 5) is 20.3. The Kier molecular flexibility index (Phi) is 4.46. The highest BCUT2D eigenvalue weighted by atomic mass is 16.1. The van der Waals surface area contributed by atoms with Crippen molar-refractivity contribution in [3.05, 3.63) is 12.2 Å². The Morgan fingerprint density at radius 1 is 1.60 bits per heavy atom. The van der Waals surface area contributed by atoms with Crippen LogP contribution in [0.1, 0.15) is 20.3 Å². The number of Topliss-reactive ketones (excluding diaryl/α,β-unsaturated/α-hetero) is 1. The number of allylic oxidation sites excluding steroid dienone is 2. The second kappa shape index (κ2) is 4.91. The summed E-state index contributed by atoms with van der Waals surface area (Å²) in [5, 5.41) is 0. The zero-order valence-corrected chi connectivity index (χ0v) is 6.33. The lowest BCUT2D eigenvalue weighted by molar-refractivity contribution is -0.117. The number of hydrogen-bond donors (Lipinski definition) is 0. The van der Waals surface area contributed by atoms with Crippen LogP contribution < -0.4 is 0 Å². The molecule has 0 rings (SSSR count). The van der Waals surface area contributed by atoms with Gasteiger partial charge in [-0.25, -0.2) is 0 Å². The molecule has 0 radical (unpaired) electrons. The van der Waals surface area contributed by atoms with Gasteiger partial charge in [0.2, 0.25) is 0 Å². The molecular formula is C8H12O2. The molecular weight excluding hydrogens is 128 g/mol. The molecule has 0 amide bonds. The van der Waals surface area contributed by atoms with Crippen molar-refractivity contribution in [2.75, 3.05) is 0 Å². The van der Waals surface area contributed by atoms with Gasteiger partial charge in [-0.05, 0) is 18.9 Å². The summed E-state index contributed by atoms with van der Waals surface area (Å²) in [6, 6.07) is 0. The summed E-state index contributed by atoms with van der Waals surface area (Å²) in [5.74, 6) is 0.339. The zero-order chi connectivity index (χ0) is 7.98. The molecule has 1 atom stereocenters. The molecule has 0 aliphatic rings. The topological polar surface area (TPSA) is 34.1 Å². The van der Waals surface area contributed by atoms with Crippen LogP contribution in [0.4, 0.5) is 0 Å². The highest BCUT2D eigenvalue weighted by molar-refractivity contribution is 5.76. The Bertz CT molecular complexity index is 147. The molecule has 0 aromatic heterocycles. The molecule has 0 saturated heterocycles. The third-order valence-corrected chi connectivity index (χ3v) is 1.13. The first kappa shape index (κ1) is 9.08. The van der Waals surface area contributed by atoms with Crippen molar-refractivity contribution in [3.63, 3.8) is 0 Å². The number of carbonyl (C=O) groups is 2. The van der Waals surface area contributed by atoms with Crippen LogP contribution in [-0.4, -0.2) is 12.1 Å². The van der Waals surface area contributed by atoms with Gasteiger partial charge in [-0.1, -0.05) is 13.0 Å². The van der Waals surface area contributed by atoms with E-state index in [9.17, 15) is 9.59 Å². The Labute approximate surface area is 60.9 Å². The standard InChI is InChI=1S/C8H12O2/c1-7(4-3-5-9)6-8(2)10/h3-5,7H,6H2,1-2H3. The van der Waals surface area contributed by atoms with Gasteiger partial charge in [0.25, 0.3) is 0 Å².